The zero-order valence-electron chi connectivity index (χ0n) is 18.3. The maximum Gasteiger partial charge on any atom is 0.282 e. The summed E-state index contributed by atoms with van der Waals surface area (Å²) in [5.41, 5.74) is 2.69. The van der Waals surface area contributed by atoms with Gasteiger partial charge in [0.15, 0.2) is 5.82 Å². The summed E-state index contributed by atoms with van der Waals surface area (Å²) < 4.78 is 15.7. The lowest BCUT2D eigenvalue weighted by atomic mass is 10.1. The molecule has 5 rings (SSSR count). The van der Waals surface area contributed by atoms with Gasteiger partial charge in [0.05, 0.1) is 17.1 Å². The van der Waals surface area contributed by atoms with Crippen molar-refractivity contribution in [1.29, 1.82) is 0 Å². The standard InChI is InChI=1S/C27H18BrFN4OS/c28-21-8-9-25-24(15-21)27(34)33(31-16-19-2-1-3-22(29)14-19)26(32-25)20-6-4-18(5-7-20)17-35-23-10-12-30-13-11-23/h1-16H,17H2. The molecule has 0 spiro atoms. The number of rotatable bonds is 6. The Labute approximate surface area is 213 Å². The van der Waals surface area contributed by atoms with Gasteiger partial charge in [-0.15, -0.1) is 11.8 Å². The summed E-state index contributed by atoms with van der Waals surface area (Å²) in [4.78, 5) is 23.3. The number of hydrogen-bond acceptors (Lipinski definition) is 5. The van der Waals surface area contributed by atoms with Gasteiger partial charge < -0.3 is 0 Å². The van der Waals surface area contributed by atoms with Crippen LogP contribution in [0.2, 0.25) is 0 Å². The van der Waals surface area contributed by atoms with Gasteiger partial charge >= 0.3 is 0 Å². The van der Waals surface area contributed by atoms with E-state index in [0.717, 1.165) is 26.2 Å². The third kappa shape index (κ3) is 5.39. The summed E-state index contributed by atoms with van der Waals surface area (Å²) in [6.45, 7) is 0. The van der Waals surface area contributed by atoms with E-state index in [0.29, 0.717) is 22.3 Å². The number of fused-ring (bicyclic) bond motifs is 1. The Morgan fingerprint density at radius 1 is 1.00 bits per heavy atom. The molecule has 3 aromatic carbocycles. The lowest BCUT2D eigenvalue weighted by molar-refractivity contribution is 0.627. The molecule has 2 aromatic heterocycles. The fourth-order valence-electron chi connectivity index (χ4n) is 3.51. The molecule has 0 aliphatic heterocycles. The van der Waals surface area contributed by atoms with E-state index in [1.807, 2.05) is 42.5 Å². The molecule has 0 aliphatic carbocycles. The average molecular weight is 545 g/mol. The number of nitrogens with zero attached hydrogens (tertiary/aromatic N) is 4. The van der Waals surface area contributed by atoms with Crippen LogP contribution in [0.1, 0.15) is 11.1 Å². The highest BCUT2D eigenvalue weighted by Crippen LogP contribution is 2.25. The monoisotopic (exact) mass is 544 g/mol. The lowest BCUT2D eigenvalue weighted by Crippen LogP contribution is -2.20. The molecule has 35 heavy (non-hydrogen) atoms. The van der Waals surface area contributed by atoms with Gasteiger partial charge in [-0.2, -0.15) is 9.78 Å². The maximum atomic E-state index is 13.6. The number of benzene rings is 3. The van der Waals surface area contributed by atoms with E-state index in [4.69, 9.17) is 4.98 Å². The van der Waals surface area contributed by atoms with Gasteiger partial charge in [0.25, 0.3) is 5.56 Å². The second-order valence-electron chi connectivity index (χ2n) is 7.68. The molecular formula is C27H18BrFN4OS. The van der Waals surface area contributed by atoms with E-state index >= 15 is 0 Å². The fraction of sp³-hybridized carbons (Fsp3) is 0.0370. The largest absolute Gasteiger partial charge is 0.282 e. The molecule has 0 saturated heterocycles. The van der Waals surface area contributed by atoms with Crippen molar-refractivity contribution in [2.45, 2.75) is 10.6 Å². The number of halogens is 2. The molecule has 5 aromatic rings. The molecule has 0 saturated carbocycles. The molecule has 0 bridgehead atoms. The highest BCUT2D eigenvalue weighted by atomic mass is 79.9. The Morgan fingerprint density at radius 2 is 1.80 bits per heavy atom. The topological polar surface area (TPSA) is 60.1 Å². The zero-order chi connectivity index (χ0) is 24.2. The molecule has 0 fully saturated rings. The highest BCUT2D eigenvalue weighted by molar-refractivity contribution is 9.10. The van der Waals surface area contributed by atoms with Gasteiger partial charge in [0, 0.05) is 33.1 Å². The van der Waals surface area contributed by atoms with Gasteiger partial charge in [-0.05, 0) is 53.6 Å². The minimum atomic E-state index is -0.373. The molecule has 0 aliphatic rings. The average Bonchev–Trinajstić information content (AvgIpc) is 2.88. The molecule has 0 amide bonds. The fourth-order valence-corrected chi connectivity index (χ4v) is 4.71. The van der Waals surface area contributed by atoms with Gasteiger partial charge in [-0.1, -0.05) is 52.3 Å². The summed E-state index contributed by atoms with van der Waals surface area (Å²) in [5.74, 6) is 0.835. The molecule has 0 atom stereocenters. The van der Waals surface area contributed by atoms with Crippen LogP contribution in [0, 0.1) is 5.82 Å². The summed E-state index contributed by atoms with van der Waals surface area (Å²) >= 11 is 5.14. The summed E-state index contributed by atoms with van der Waals surface area (Å²) in [6.07, 6.45) is 5.01. The van der Waals surface area contributed by atoms with E-state index in [9.17, 15) is 9.18 Å². The van der Waals surface area contributed by atoms with Crippen molar-refractivity contribution in [2.75, 3.05) is 0 Å². The first-order chi connectivity index (χ1) is 17.1. The number of aromatic nitrogens is 3. The smallest absolute Gasteiger partial charge is 0.267 e. The molecule has 172 valence electrons. The van der Waals surface area contributed by atoms with Crippen LogP contribution in [0.3, 0.4) is 0 Å². The van der Waals surface area contributed by atoms with Gasteiger partial charge in [-0.3, -0.25) is 9.78 Å². The third-order valence-corrected chi connectivity index (χ3v) is 6.82. The Bertz CT molecular complexity index is 1590. The van der Waals surface area contributed by atoms with E-state index in [-0.39, 0.29) is 11.4 Å². The van der Waals surface area contributed by atoms with Crippen LogP contribution in [-0.2, 0) is 5.75 Å². The first-order valence-corrected chi connectivity index (χ1v) is 12.5. The number of pyridine rings is 1. The van der Waals surface area contributed by atoms with E-state index in [1.54, 1.807) is 48.4 Å². The number of thioether (sulfide) groups is 1. The van der Waals surface area contributed by atoms with Crippen molar-refractivity contribution in [3.05, 3.63) is 123 Å². The van der Waals surface area contributed by atoms with Crippen LogP contribution >= 0.6 is 27.7 Å². The minimum absolute atomic E-state index is 0.309. The molecular weight excluding hydrogens is 527 g/mol. The summed E-state index contributed by atoms with van der Waals surface area (Å²) in [6, 6.07) is 23.3. The second-order valence-corrected chi connectivity index (χ2v) is 9.65. The predicted molar refractivity (Wildman–Crippen MR) is 142 cm³/mol. The summed E-state index contributed by atoms with van der Waals surface area (Å²) in [5, 5.41) is 4.83. The van der Waals surface area contributed by atoms with E-state index < -0.39 is 0 Å². The first-order valence-electron chi connectivity index (χ1n) is 10.7. The molecule has 0 unspecified atom stereocenters. The van der Waals surface area contributed by atoms with Crippen molar-refractivity contribution < 1.29 is 4.39 Å². The van der Waals surface area contributed by atoms with Crippen LogP contribution in [0.15, 0.2) is 111 Å². The molecule has 5 nitrogen and oxygen atoms in total. The van der Waals surface area contributed by atoms with Crippen LogP contribution in [0.5, 0.6) is 0 Å². The van der Waals surface area contributed by atoms with Crippen molar-refractivity contribution in [1.82, 2.24) is 14.6 Å². The zero-order valence-corrected chi connectivity index (χ0v) is 20.7. The molecule has 0 radical (unpaired) electrons. The van der Waals surface area contributed by atoms with Crippen LogP contribution in [0.4, 0.5) is 4.39 Å². The normalized spacial score (nSPS) is 11.4. The second kappa shape index (κ2) is 10.3. The molecule has 8 heteroatoms. The Balaban J connectivity index is 1.53. The highest BCUT2D eigenvalue weighted by Gasteiger charge is 2.13. The predicted octanol–water partition coefficient (Wildman–Crippen LogP) is 6.53. The quantitative estimate of drug-likeness (QED) is 0.180. The Hall–Kier alpha value is -3.62. The van der Waals surface area contributed by atoms with Gasteiger partial charge in [0.1, 0.15) is 5.82 Å². The SMILES string of the molecule is O=c1c2cc(Br)ccc2nc(-c2ccc(CSc3ccncc3)cc2)n1N=Cc1cccc(F)c1. The van der Waals surface area contributed by atoms with Crippen LogP contribution in [0.25, 0.3) is 22.3 Å². The molecule has 2 heterocycles. The lowest BCUT2D eigenvalue weighted by Gasteiger charge is -2.10. The van der Waals surface area contributed by atoms with Gasteiger partial charge in [-0.25, -0.2) is 9.37 Å². The minimum Gasteiger partial charge on any atom is -0.267 e. The summed E-state index contributed by atoms with van der Waals surface area (Å²) in [7, 11) is 0. The van der Waals surface area contributed by atoms with Crippen LogP contribution < -0.4 is 5.56 Å². The van der Waals surface area contributed by atoms with Crippen molar-refractivity contribution >= 4 is 44.8 Å². The van der Waals surface area contributed by atoms with Crippen LogP contribution in [-0.4, -0.2) is 20.9 Å². The third-order valence-electron chi connectivity index (χ3n) is 5.25. The Kier molecular flexibility index (Phi) is 6.83. The van der Waals surface area contributed by atoms with Gasteiger partial charge in [0.2, 0.25) is 0 Å². The maximum absolute atomic E-state index is 13.6. The molecule has 0 N–H and O–H groups in total. The van der Waals surface area contributed by atoms with E-state index in [1.165, 1.54) is 23.0 Å². The van der Waals surface area contributed by atoms with Crippen molar-refractivity contribution in [3.63, 3.8) is 0 Å². The van der Waals surface area contributed by atoms with Crippen molar-refractivity contribution in [3.8, 4) is 11.4 Å². The van der Waals surface area contributed by atoms with E-state index in [2.05, 4.69) is 26.0 Å². The Morgan fingerprint density at radius 3 is 2.57 bits per heavy atom. The van der Waals surface area contributed by atoms with Crippen molar-refractivity contribution in [2.24, 2.45) is 5.10 Å². The first kappa shape index (κ1) is 23.1. The number of hydrogen-bond donors (Lipinski definition) is 0.